The van der Waals surface area contributed by atoms with E-state index in [4.69, 9.17) is 0 Å². The summed E-state index contributed by atoms with van der Waals surface area (Å²) in [5.74, 6) is -0.0968. The zero-order chi connectivity index (χ0) is 17.2. The van der Waals surface area contributed by atoms with Crippen molar-refractivity contribution in [3.8, 4) is 11.1 Å². The van der Waals surface area contributed by atoms with Gasteiger partial charge in [0.1, 0.15) is 5.82 Å². The minimum Gasteiger partial charge on any atom is -0.478 e. The standard InChI is InChI=1S/C19H18N4O2/c24-19(25)15-5-1-4-14-17(15)16(13-3-2-6-21-11-13)12-22-18(14)23-9-7-20-8-10-23/h1-6,11-12,20H,7-10H2,(H,24,25). The van der Waals surface area contributed by atoms with E-state index in [1.807, 2.05) is 18.2 Å². The quantitative estimate of drug-likeness (QED) is 0.766. The summed E-state index contributed by atoms with van der Waals surface area (Å²) in [5, 5.41) is 14.6. The molecule has 3 aromatic rings. The molecule has 2 aromatic heterocycles. The number of rotatable bonds is 3. The van der Waals surface area contributed by atoms with Gasteiger partial charge in [-0.25, -0.2) is 9.78 Å². The molecular weight excluding hydrogens is 316 g/mol. The normalized spacial score (nSPS) is 14.6. The Kier molecular flexibility index (Phi) is 4.03. The van der Waals surface area contributed by atoms with Crippen LogP contribution in [0.3, 0.4) is 0 Å². The van der Waals surface area contributed by atoms with Crippen molar-refractivity contribution in [1.29, 1.82) is 0 Å². The van der Waals surface area contributed by atoms with Crippen LogP contribution < -0.4 is 10.2 Å². The van der Waals surface area contributed by atoms with E-state index < -0.39 is 5.97 Å². The Morgan fingerprint density at radius 1 is 1.12 bits per heavy atom. The van der Waals surface area contributed by atoms with Crippen LogP contribution in [0.1, 0.15) is 10.4 Å². The van der Waals surface area contributed by atoms with Crippen molar-refractivity contribution in [3.05, 3.63) is 54.5 Å². The zero-order valence-corrected chi connectivity index (χ0v) is 13.6. The van der Waals surface area contributed by atoms with Gasteiger partial charge >= 0.3 is 5.97 Å². The molecule has 0 radical (unpaired) electrons. The molecule has 0 unspecified atom stereocenters. The van der Waals surface area contributed by atoms with Gasteiger partial charge in [-0.3, -0.25) is 4.98 Å². The van der Waals surface area contributed by atoms with E-state index in [1.54, 1.807) is 30.7 Å². The Labute approximate surface area is 145 Å². The van der Waals surface area contributed by atoms with Crippen molar-refractivity contribution < 1.29 is 9.90 Å². The molecule has 1 aromatic carbocycles. The second-order valence-corrected chi connectivity index (χ2v) is 6.01. The van der Waals surface area contributed by atoms with Gasteiger partial charge in [-0.05, 0) is 12.1 Å². The molecular formula is C19H18N4O2. The van der Waals surface area contributed by atoms with Crippen LogP contribution in [0.15, 0.2) is 48.9 Å². The van der Waals surface area contributed by atoms with Gasteiger partial charge in [-0.1, -0.05) is 18.2 Å². The lowest BCUT2D eigenvalue weighted by molar-refractivity contribution is 0.0699. The fraction of sp³-hybridized carbons (Fsp3) is 0.211. The second kappa shape index (κ2) is 6.49. The predicted octanol–water partition coefficient (Wildman–Crippen LogP) is 2.40. The number of hydrogen-bond acceptors (Lipinski definition) is 5. The number of aromatic carboxylic acids is 1. The number of hydrogen-bond donors (Lipinski definition) is 2. The third kappa shape index (κ3) is 2.81. The van der Waals surface area contributed by atoms with Gasteiger partial charge in [0.05, 0.1) is 5.56 Å². The highest BCUT2D eigenvalue weighted by molar-refractivity contribution is 6.12. The van der Waals surface area contributed by atoms with Gasteiger partial charge in [-0.2, -0.15) is 0 Å². The number of nitrogens with one attached hydrogen (secondary N) is 1. The molecule has 6 heteroatoms. The molecule has 6 nitrogen and oxygen atoms in total. The highest BCUT2D eigenvalue weighted by Gasteiger charge is 2.20. The summed E-state index contributed by atoms with van der Waals surface area (Å²) < 4.78 is 0. The Morgan fingerprint density at radius 2 is 1.96 bits per heavy atom. The van der Waals surface area contributed by atoms with E-state index in [9.17, 15) is 9.90 Å². The number of aromatic nitrogens is 2. The molecule has 1 saturated heterocycles. The van der Waals surface area contributed by atoms with Crippen LogP contribution in [0.5, 0.6) is 0 Å². The number of carboxylic acid groups (broad SMARTS) is 1. The monoisotopic (exact) mass is 334 g/mol. The predicted molar refractivity (Wildman–Crippen MR) is 97.0 cm³/mol. The average Bonchev–Trinajstić information content (AvgIpc) is 2.68. The topological polar surface area (TPSA) is 78.4 Å². The molecule has 4 rings (SSSR count). The number of piperazine rings is 1. The maximum absolute atomic E-state index is 11.8. The van der Waals surface area contributed by atoms with Crippen LogP contribution in [0.2, 0.25) is 0 Å². The summed E-state index contributed by atoms with van der Waals surface area (Å²) in [7, 11) is 0. The maximum atomic E-state index is 11.8. The lowest BCUT2D eigenvalue weighted by Gasteiger charge is -2.29. The van der Waals surface area contributed by atoms with Crippen LogP contribution in [0.25, 0.3) is 21.9 Å². The van der Waals surface area contributed by atoms with Gasteiger partial charge < -0.3 is 15.3 Å². The number of pyridine rings is 2. The van der Waals surface area contributed by atoms with E-state index in [1.165, 1.54) is 0 Å². The second-order valence-electron chi connectivity index (χ2n) is 6.01. The number of anilines is 1. The summed E-state index contributed by atoms with van der Waals surface area (Å²) in [5.41, 5.74) is 1.94. The Hall–Kier alpha value is -2.99. The van der Waals surface area contributed by atoms with E-state index in [0.717, 1.165) is 48.5 Å². The van der Waals surface area contributed by atoms with Gasteiger partial charge in [0.15, 0.2) is 0 Å². The number of nitrogens with zero attached hydrogens (tertiary/aromatic N) is 3. The van der Waals surface area contributed by atoms with Gasteiger partial charge in [0.2, 0.25) is 0 Å². The average molecular weight is 334 g/mol. The fourth-order valence-corrected chi connectivity index (χ4v) is 3.34. The first-order chi connectivity index (χ1) is 12.3. The third-order valence-corrected chi connectivity index (χ3v) is 4.51. The van der Waals surface area contributed by atoms with E-state index in [-0.39, 0.29) is 5.56 Å². The first-order valence-corrected chi connectivity index (χ1v) is 8.27. The smallest absolute Gasteiger partial charge is 0.336 e. The Balaban J connectivity index is 1.99. The van der Waals surface area contributed by atoms with Gasteiger partial charge in [-0.15, -0.1) is 0 Å². The number of benzene rings is 1. The van der Waals surface area contributed by atoms with Crippen molar-refractivity contribution in [3.63, 3.8) is 0 Å². The van der Waals surface area contributed by atoms with Crippen LogP contribution in [0.4, 0.5) is 5.82 Å². The largest absolute Gasteiger partial charge is 0.478 e. The Bertz CT molecular complexity index is 921. The van der Waals surface area contributed by atoms with Crippen LogP contribution >= 0.6 is 0 Å². The number of fused-ring (bicyclic) bond motifs is 1. The minimum absolute atomic E-state index is 0.287. The molecule has 1 aliphatic rings. The van der Waals surface area contributed by atoms with Crippen molar-refractivity contribution in [2.75, 3.05) is 31.1 Å². The highest BCUT2D eigenvalue weighted by atomic mass is 16.4. The van der Waals surface area contributed by atoms with E-state index in [2.05, 4.69) is 20.2 Å². The number of carboxylic acids is 1. The van der Waals surface area contributed by atoms with Crippen molar-refractivity contribution in [1.82, 2.24) is 15.3 Å². The lowest BCUT2D eigenvalue weighted by Crippen LogP contribution is -2.44. The van der Waals surface area contributed by atoms with Crippen LogP contribution in [0, 0.1) is 0 Å². The minimum atomic E-state index is -0.937. The summed E-state index contributed by atoms with van der Waals surface area (Å²) in [6, 6.07) is 9.14. The summed E-state index contributed by atoms with van der Waals surface area (Å²) in [6.07, 6.45) is 5.20. The zero-order valence-electron chi connectivity index (χ0n) is 13.6. The molecule has 126 valence electrons. The van der Waals surface area contributed by atoms with Gasteiger partial charge in [0.25, 0.3) is 0 Å². The molecule has 0 bridgehead atoms. The number of carbonyl (C=O) groups is 1. The fourth-order valence-electron chi connectivity index (χ4n) is 3.34. The van der Waals surface area contributed by atoms with E-state index in [0.29, 0.717) is 5.39 Å². The highest BCUT2D eigenvalue weighted by Crippen LogP contribution is 2.35. The molecule has 1 fully saturated rings. The molecule has 0 amide bonds. The SMILES string of the molecule is O=C(O)c1cccc2c(N3CCNCC3)ncc(-c3cccnc3)c12. The first-order valence-electron chi connectivity index (χ1n) is 8.27. The molecule has 0 spiro atoms. The van der Waals surface area contributed by atoms with Gasteiger partial charge in [0, 0.05) is 66.7 Å². The van der Waals surface area contributed by atoms with E-state index >= 15 is 0 Å². The van der Waals surface area contributed by atoms with Crippen LogP contribution in [-0.2, 0) is 0 Å². The lowest BCUT2D eigenvalue weighted by atomic mass is 9.97. The van der Waals surface area contributed by atoms with Crippen molar-refractivity contribution >= 4 is 22.6 Å². The molecule has 25 heavy (non-hydrogen) atoms. The van der Waals surface area contributed by atoms with Crippen molar-refractivity contribution in [2.24, 2.45) is 0 Å². The van der Waals surface area contributed by atoms with Crippen LogP contribution in [-0.4, -0.2) is 47.2 Å². The molecule has 1 aliphatic heterocycles. The first kappa shape index (κ1) is 15.5. The molecule has 0 aliphatic carbocycles. The summed E-state index contributed by atoms with van der Waals surface area (Å²) in [6.45, 7) is 3.50. The maximum Gasteiger partial charge on any atom is 0.336 e. The summed E-state index contributed by atoms with van der Waals surface area (Å²) >= 11 is 0. The molecule has 3 heterocycles. The summed E-state index contributed by atoms with van der Waals surface area (Å²) in [4.78, 5) is 22.9. The molecule has 0 atom stereocenters. The Morgan fingerprint density at radius 3 is 2.68 bits per heavy atom. The molecule has 0 saturated carbocycles. The van der Waals surface area contributed by atoms with Crippen molar-refractivity contribution in [2.45, 2.75) is 0 Å². The third-order valence-electron chi connectivity index (χ3n) is 4.51. The molecule has 2 N–H and O–H groups in total.